The smallest absolute Gasteiger partial charge is 0.449 e. The van der Waals surface area contributed by atoms with E-state index in [1.807, 2.05) is 13.8 Å². The fourth-order valence-corrected chi connectivity index (χ4v) is 11.7. The first kappa shape index (κ1) is 33.9. The quantitative estimate of drug-likeness (QED) is 0.176. The first-order chi connectivity index (χ1) is 22.4. The Morgan fingerprint density at radius 3 is 1.42 bits per heavy atom. The molecule has 4 bridgehead atoms. The second kappa shape index (κ2) is 10.9. The van der Waals surface area contributed by atoms with E-state index in [0.717, 1.165) is 0 Å². The van der Waals surface area contributed by atoms with Gasteiger partial charge in [-0.1, -0.05) is 13.8 Å². The molecule has 270 valence electrons. The van der Waals surface area contributed by atoms with Crippen molar-refractivity contribution < 1.29 is 69.4 Å². The maximum atomic E-state index is 14.7. The van der Waals surface area contributed by atoms with Gasteiger partial charge in [0.15, 0.2) is 11.2 Å². The van der Waals surface area contributed by atoms with Gasteiger partial charge in [0.2, 0.25) is 35.7 Å². The van der Waals surface area contributed by atoms with Crippen molar-refractivity contribution >= 4 is 11.2 Å². The van der Waals surface area contributed by atoms with Gasteiger partial charge < -0.3 is 23.5 Å². The number of allylic oxidation sites excluding steroid dienone is 2. The van der Waals surface area contributed by atoms with Crippen LogP contribution in [0.5, 0.6) is 0 Å². The molecule has 0 N–H and O–H groups in total. The summed E-state index contributed by atoms with van der Waals surface area (Å²) >= 11 is -2.28. The van der Waals surface area contributed by atoms with Gasteiger partial charge in [0.25, 0.3) is 0 Å². The van der Waals surface area contributed by atoms with Crippen molar-refractivity contribution in [2.24, 2.45) is 35.5 Å². The third-order valence-corrected chi connectivity index (χ3v) is 13.7. The molecule has 2 aliphatic carbocycles. The van der Waals surface area contributed by atoms with Crippen LogP contribution in [0.2, 0.25) is 0 Å². The number of fused-ring (bicyclic) bond motifs is 4. The summed E-state index contributed by atoms with van der Waals surface area (Å²) in [5, 5.41) is 0. The summed E-state index contributed by atoms with van der Waals surface area (Å²) in [5.41, 5.74) is -3.50. The lowest BCUT2D eigenvalue weighted by atomic mass is 9.59. The normalized spacial score (nSPS) is 49.0. The molecule has 12 atom stereocenters. The van der Waals surface area contributed by atoms with Crippen LogP contribution in [0.15, 0.2) is 22.7 Å². The van der Waals surface area contributed by atoms with Crippen LogP contribution in [0.1, 0.15) is 79.1 Å². The number of rotatable bonds is 4. The molecule has 16 heteroatoms. The minimum absolute atomic E-state index is 0.0354. The lowest BCUT2D eigenvalue weighted by Gasteiger charge is -2.57. The average molecular weight is 715 g/mol. The van der Waals surface area contributed by atoms with E-state index in [-0.39, 0.29) is 47.7 Å². The summed E-state index contributed by atoms with van der Waals surface area (Å²) in [5.74, 6) is -9.11. The molecule has 8 aliphatic heterocycles. The molecule has 48 heavy (non-hydrogen) atoms. The highest BCUT2D eigenvalue weighted by atomic mass is 32.2. The number of alkyl halides is 6. The SMILES string of the molecule is C[C@@H]1CC[C@H]2C(C[S+]([O-])CC3=C(C(F)(F)F)O[C@@H]4O[C@]5(C)CCC6[C@H](C)CC[C@@H]3[C@]64OO5)=C(C(F)(F)F)O[C@@H]3O[C@]4(C)CCC1[C@]32OO4. The highest BCUT2D eigenvalue weighted by Crippen LogP contribution is 2.63. The molecular formula is C32H40F6O9S. The number of halogens is 6. The zero-order valence-corrected chi connectivity index (χ0v) is 27.9. The minimum atomic E-state index is -4.99. The first-order valence-corrected chi connectivity index (χ1v) is 18.3. The molecule has 8 heterocycles. The molecule has 6 saturated heterocycles. The molecule has 2 unspecified atom stereocenters. The van der Waals surface area contributed by atoms with Crippen LogP contribution in [-0.4, -0.2) is 63.8 Å². The monoisotopic (exact) mass is 714 g/mol. The van der Waals surface area contributed by atoms with Gasteiger partial charge >= 0.3 is 12.4 Å². The maximum Gasteiger partial charge on any atom is 0.449 e. The third kappa shape index (κ3) is 4.86. The van der Waals surface area contributed by atoms with Crippen molar-refractivity contribution in [2.75, 3.05) is 11.5 Å². The highest BCUT2D eigenvalue weighted by Gasteiger charge is 2.72. The van der Waals surface area contributed by atoms with Crippen LogP contribution >= 0.6 is 0 Å². The minimum Gasteiger partial charge on any atom is -0.616 e. The van der Waals surface area contributed by atoms with Gasteiger partial charge in [-0.3, -0.25) is 0 Å². The van der Waals surface area contributed by atoms with E-state index >= 15 is 0 Å². The summed E-state index contributed by atoms with van der Waals surface area (Å²) in [6.07, 6.45) is -9.43. The Morgan fingerprint density at radius 2 is 1.04 bits per heavy atom. The average Bonchev–Trinajstić information content (AvgIpc) is 3.36. The van der Waals surface area contributed by atoms with E-state index in [9.17, 15) is 30.9 Å². The van der Waals surface area contributed by atoms with Crippen molar-refractivity contribution in [3.63, 3.8) is 0 Å². The van der Waals surface area contributed by atoms with Gasteiger partial charge in [0.05, 0.1) is 0 Å². The zero-order chi connectivity index (χ0) is 34.2. The van der Waals surface area contributed by atoms with Crippen molar-refractivity contribution in [3.05, 3.63) is 22.7 Å². The molecule has 10 rings (SSSR count). The van der Waals surface area contributed by atoms with Crippen molar-refractivity contribution in [1.82, 2.24) is 0 Å². The Balaban J connectivity index is 1.17. The van der Waals surface area contributed by atoms with E-state index in [1.165, 1.54) is 0 Å². The van der Waals surface area contributed by atoms with Crippen LogP contribution in [0.3, 0.4) is 0 Å². The molecule has 10 aliphatic rings. The molecule has 2 spiro atoms. The van der Waals surface area contributed by atoms with Crippen LogP contribution in [0.25, 0.3) is 0 Å². The zero-order valence-electron chi connectivity index (χ0n) is 27.0. The summed E-state index contributed by atoms with van der Waals surface area (Å²) in [6, 6.07) is 0. The number of hydrogen-bond donors (Lipinski definition) is 0. The van der Waals surface area contributed by atoms with E-state index in [2.05, 4.69) is 0 Å². The summed E-state index contributed by atoms with van der Waals surface area (Å²) < 4.78 is 126. The van der Waals surface area contributed by atoms with E-state index in [0.29, 0.717) is 38.5 Å². The second-order valence-electron chi connectivity index (χ2n) is 15.4. The van der Waals surface area contributed by atoms with E-state index in [1.54, 1.807) is 13.8 Å². The molecule has 0 amide bonds. The second-order valence-corrected chi connectivity index (χ2v) is 16.8. The lowest BCUT2D eigenvalue weighted by Crippen LogP contribution is -2.68. The molecule has 0 aromatic carbocycles. The summed E-state index contributed by atoms with van der Waals surface area (Å²) in [4.78, 5) is 23.4. The van der Waals surface area contributed by atoms with E-state index in [4.69, 9.17) is 38.5 Å². The topological polar surface area (TPSA) is 96.9 Å². The Labute approximate surface area is 276 Å². The van der Waals surface area contributed by atoms with Gasteiger partial charge in [-0.25, -0.2) is 19.6 Å². The predicted molar refractivity (Wildman–Crippen MR) is 152 cm³/mol. The van der Waals surface area contributed by atoms with Gasteiger partial charge in [-0.15, -0.1) is 0 Å². The lowest BCUT2D eigenvalue weighted by molar-refractivity contribution is -0.557. The van der Waals surface area contributed by atoms with Crippen LogP contribution in [0.4, 0.5) is 26.3 Å². The molecule has 9 nitrogen and oxygen atoms in total. The van der Waals surface area contributed by atoms with Crippen molar-refractivity contribution in [1.29, 1.82) is 0 Å². The Bertz CT molecular complexity index is 1300. The number of ether oxygens (including phenoxy) is 4. The Hall–Kier alpha value is -1.27. The first-order valence-electron chi connectivity index (χ1n) is 16.8. The predicted octanol–water partition coefficient (Wildman–Crippen LogP) is 6.86. The van der Waals surface area contributed by atoms with Crippen LogP contribution in [-0.2, 0) is 49.7 Å². The standard InChI is InChI=1S/C32H40F6O9S/c1-15-5-7-21-17(23(31(33,34)35)40-25-29(21)19(15)9-11-27(3,42-25)44-46-29)13-48(39)14-18-22-8-6-16(2)20-10-12-28(4)43-26(30(20,22)47-45-28)41-24(18)32(36,37)38/h15-16,19-22,25-26H,5-14H2,1-4H3/t15-,16-,19?,20?,21+,22+,25-,26-,27+,28+,29-,30-,48?/m1/s1. The summed E-state index contributed by atoms with van der Waals surface area (Å²) in [7, 11) is 0. The fourth-order valence-electron chi connectivity index (χ4n) is 10.2. The molecule has 0 radical (unpaired) electrons. The fraction of sp³-hybridized carbons (Fsp3) is 0.875. The van der Waals surface area contributed by atoms with E-state index < -0.39 is 93.7 Å². The maximum absolute atomic E-state index is 14.7. The molecule has 8 fully saturated rings. The van der Waals surface area contributed by atoms with Gasteiger partial charge in [-0.2, -0.15) is 26.3 Å². The van der Waals surface area contributed by atoms with Crippen LogP contribution in [0, 0.1) is 35.5 Å². The Morgan fingerprint density at radius 1 is 0.646 bits per heavy atom. The summed E-state index contributed by atoms with van der Waals surface area (Å²) in [6.45, 7) is 7.16. The van der Waals surface area contributed by atoms with Crippen molar-refractivity contribution in [3.8, 4) is 0 Å². The van der Waals surface area contributed by atoms with Crippen LogP contribution < -0.4 is 0 Å². The molecule has 0 aromatic heterocycles. The van der Waals surface area contributed by atoms with Crippen molar-refractivity contribution in [2.45, 2.75) is 127 Å². The molecule has 2 saturated carbocycles. The molecule has 0 aromatic rings. The van der Waals surface area contributed by atoms with Gasteiger partial charge in [0.1, 0.15) is 11.5 Å². The van der Waals surface area contributed by atoms with Gasteiger partial charge in [0, 0.05) is 47.7 Å². The molecular weight excluding hydrogens is 674 g/mol. The third-order valence-electron chi connectivity index (χ3n) is 12.5. The Kier molecular flexibility index (Phi) is 7.67. The largest absolute Gasteiger partial charge is 0.616 e. The highest BCUT2D eigenvalue weighted by molar-refractivity contribution is 7.91. The number of hydrogen-bond acceptors (Lipinski definition) is 9. The van der Waals surface area contributed by atoms with Gasteiger partial charge in [-0.05, 0) is 75.4 Å².